The molecule has 3 heterocycles. The van der Waals surface area contributed by atoms with E-state index in [0.717, 1.165) is 69.2 Å². The standard InChI is InChI=1S/C31H33N3O3/c1-19-13-14-34(17-19)20(2)18-36-24-10-7-22(8-11-24)31-30(25-5-4-6-28-27(25)16-32-33-28)21(3)26-15-23(35)9-12-29(26)37-31/h4-12,15-16,19-20,31,35H,13-14,17-18H2,1-3H3,(H,32,33)/t19-,20+,31?/m1/s1. The van der Waals surface area contributed by atoms with E-state index in [0.29, 0.717) is 12.6 Å². The zero-order valence-electron chi connectivity index (χ0n) is 21.6. The molecule has 37 heavy (non-hydrogen) atoms. The number of benzene rings is 3. The summed E-state index contributed by atoms with van der Waals surface area (Å²) in [6.07, 6.45) is 2.82. The fourth-order valence-electron chi connectivity index (χ4n) is 5.65. The highest BCUT2D eigenvalue weighted by atomic mass is 16.5. The van der Waals surface area contributed by atoms with Crippen LogP contribution in [0, 0.1) is 5.92 Å². The van der Waals surface area contributed by atoms with Gasteiger partial charge in [0.25, 0.3) is 0 Å². The number of nitrogens with zero attached hydrogens (tertiary/aromatic N) is 2. The Labute approximate surface area is 217 Å². The lowest BCUT2D eigenvalue weighted by Crippen LogP contribution is -2.35. The van der Waals surface area contributed by atoms with Gasteiger partial charge in [-0.15, -0.1) is 0 Å². The molecule has 1 aromatic heterocycles. The lowest BCUT2D eigenvalue weighted by Gasteiger charge is -2.31. The molecule has 6 nitrogen and oxygen atoms in total. The van der Waals surface area contributed by atoms with Gasteiger partial charge in [-0.3, -0.25) is 10.00 Å². The van der Waals surface area contributed by atoms with Gasteiger partial charge in [0.1, 0.15) is 30.0 Å². The summed E-state index contributed by atoms with van der Waals surface area (Å²) in [6.45, 7) is 9.64. The summed E-state index contributed by atoms with van der Waals surface area (Å²) in [5.41, 5.74) is 6.12. The van der Waals surface area contributed by atoms with E-state index in [2.05, 4.69) is 54.1 Å². The molecular weight excluding hydrogens is 462 g/mol. The first-order valence-electron chi connectivity index (χ1n) is 13.1. The first-order valence-corrected chi connectivity index (χ1v) is 13.1. The number of hydrogen-bond donors (Lipinski definition) is 2. The highest BCUT2D eigenvalue weighted by Gasteiger charge is 2.31. The smallest absolute Gasteiger partial charge is 0.150 e. The largest absolute Gasteiger partial charge is 0.508 e. The molecule has 0 amide bonds. The van der Waals surface area contributed by atoms with Crippen LogP contribution < -0.4 is 9.47 Å². The molecule has 190 valence electrons. The molecule has 0 spiro atoms. The Morgan fingerprint density at radius 3 is 2.76 bits per heavy atom. The molecule has 3 aromatic carbocycles. The normalized spacial score (nSPS) is 20.6. The highest BCUT2D eigenvalue weighted by Crippen LogP contribution is 2.48. The zero-order valence-corrected chi connectivity index (χ0v) is 21.6. The van der Waals surface area contributed by atoms with Gasteiger partial charge < -0.3 is 14.6 Å². The summed E-state index contributed by atoms with van der Waals surface area (Å²) in [6, 6.07) is 20.1. The molecule has 6 rings (SSSR count). The Hall–Kier alpha value is -3.77. The first kappa shape index (κ1) is 23.6. The number of nitrogens with one attached hydrogen (secondary N) is 1. The van der Waals surface area contributed by atoms with Crippen LogP contribution in [0.4, 0.5) is 0 Å². The van der Waals surface area contributed by atoms with Crippen LogP contribution in [0.3, 0.4) is 0 Å². The van der Waals surface area contributed by atoms with Gasteiger partial charge in [-0.05, 0) is 85.8 Å². The van der Waals surface area contributed by atoms with Gasteiger partial charge >= 0.3 is 0 Å². The minimum Gasteiger partial charge on any atom is -0.508 e. The van der Waals surface area contributed by atoms with Crippen LogP contribution in [0.1, 0.15) is 50.0 Å². The van der Waals surface area contributed by atoms with E-state index in [1.54, 1.807) is 12.1 Å². The van der Waals surface area contributed by atoms with Crippen LogP contribution in [-0.2, 0) is 0 Å². The number of phenols is 1. The fraction of sp³-hybridized carbons (Fsp3) is 0.323. The Morgan fingerprint density at radius 1 is 1.14 bits per heavy atom. The molecule has 1 saturated heterocycles. The van der Waals surface area contributed by atoms with Crippen LogP contribution in [0.2, 0.25) is 0 Å². The maximum absolute atomic E-state index is 10.2. The number of aromatic nitrogens is 2. The van der Waals surface area contributed by atoms with E-state index in [-0.39, 0.29) is 11.9 Å². The predicted octanol–water partition coefficient (Wildman–Crippen LogP) is 6.44. The SMILES string of the molecule is CC1=C(c2cccc3[nH]ncc23)C(c2ccc(OC[C@H](C)N3CC[C@@H](C)C3)cc2)Oc2ccc(O)cc21. The van der Waals surface area contributed by atoms with Crippen molar-refractivity contribution in [3.05, 3.63) is 83.6 Å². The lowest BCUT2D eigenvalue weighted by molar-refractivity contribution is 0.169. The van der Waals surface area contributed by atoms with Gasteiger partial charge in [0.15, 0.2) is 0 Å². The quantitative estimate of drug-likeness (QED) is 0.322. The molecule has 1 fully saturated rings. The Balaban J connectivity index is 1.32. The van der Waals surface area contributed by atoms with Crippen molar-refractivity contribution in [2.45, 2.75) is 39.3 Å². The third kappa shape index (κ3) is 4.46. The Kier molecular flexibility index (Phi) is 6.13. The second-order valence-corrected chi connectivity index (χ2v) is 10.5. The summed E-state index contributed by atoms with van der Waals surface area (Å²) < 4.78 is 12.8. The second kappa shape index (κ2) is 9.60. The lowest BCUT2D eigenvalue weighted by atomic mass is 9.85. The molecule has 4 aromatic rings. The van der Waals surface area contributed by atoms with Crippen molar-refractivity contribution in [3.63, 3.8) is 0 Å². The summed E-state index contributed by atoms with van der Waals surface area (Å²) in [5.74, 6) is 2.62. The number of likely N-dealkylation sites (tertiary alicyclic amines) is 1. The van der Waals surface area contributed by atoms with E-state index in [4.69, 9.17) is 9.47 Å². The van der Waals surface area contributed by atoms with Gasteiger partial charge in [-0.2, -0.15) is 5.10 Å². The van der Waals surface area contributed by atoms with E-state index in [9.17, 15) is 5.11 Å². The number of H-pyrrole nitrogens is 1. The number of aromatic hydroxyl groups is 1. The number of aromatic amines is 1. The fourth-order valence-corrected chi connectivity index (χ4v) is 5.65. The zero-order chi connectivity index (χ0) is 25.5. The predicted molar refractivity (Wildman–Crippen MR) is 147 cm³/mol. The van der Waals surface area contributed by atoms with Crippen molar-refractivity contribution < 1.29 is 14.6 Å². The maximum atomic E-state index is 10.2. The molecule has 1 unspecified atom stereocenters. The average molecular weight is 496 g/mol. The minimum absolute atomic E-state index is 0.222. The van der Waals surface area contributed by atoms with Gasteiger partial charge in [0.2, 0.25) is 0 Å². The Morgan fingerprint density at radius 2 is 1.97 bits per heavy atom. The van der Waals surface area contributed by atoms with Crippen molar-refractivity contribution in [2.24, 2.45) is 5.92 Å². The molecule has 2 aliphatic heterocycles. The monoisotopic (exact) mass is 495 g/mol. The number of phenolic OH excluding ortho intramolecular Hbond substituents is 1. The van der Waals surface area contributed by atoms with Gasteiger partial charge in [-0.25, -0.2) is 0 Å². The van der Waals surface area contributed by atoms with E-state index in [1.165, 1.54) is 6.42 Å². The van der Waals surface area contributed by atoms with E-state index >= 15 is 0 Å². The van der Waals surface area contributed by atoms with E-state index < -0.39 is 0 Å². The minimum atomic E-state index is -0.309. The van der Waals surface area contributed by atoms with Crippen molar-refractivity contribution in [2.75, 3.05) is 19.7 Å². The van der Waals surface area contributed by atoms with Crippen LogP contribution in [0.5, 0.6) is 17.2 Å². The molecule has 0 bridgehead atoms. The third-order valence-electron chi connectivity index (χ3n) is 7.81. The molecule has 3 atom stereocenters. The van der Waals surface area contributed by atoms with Crippen molar-refractivity contribution in [1.29, 1.82) is 0 Å². The molecule has 0 saturated carbocycles. The van der Waals surface area contributed by atoms with Gasteiger partial charge in [0, 0.05) is 29.1 Å². The third-order valence-corrected chi connectivity index (χ3v) is 7.81. The topological polar surface area (TPSA) is 70.6 Å². The van der Waals surface area contributed by atoms with Crippen molar-refractivity contribution >= 4 is 22.0 Å². The van der Waals surface area contributed by atoms with Crippen molar-refractivity contribution in [1.82, 2.24) is 15.1 Å². The van der Waals surface area contributed by atoms with E-state index in [1.807, 2.05) is 36.5 Å². The van der Waals surface area contributed by atoms with Crippen LogP contribution >= 0.6 is 0 Å². The van der Waals surface area contributed by atoms with Crippen LogP contribution in [0.15, 0.2) is 66.9 Å². The summed E-state index contributed by atoms with van der Waals surface area (Å²) in [7, 11) is 0. The molecule has 0 radical (unpaired) electrons. The molecule has 2 N–H and O–H groups in total. The van der Waals surface area contributed by atoms with Crippen molar-refractivity contribution in [3.8, 4) is 17.2 Å². The number of allylic oxidation sites excluding steroid dienone is 1. The highest BCUT2D eigenvalue weighted by molar-refractivity contribution is 6.03. The molecule has 6 heteroatoms. The number of fused-ring (bicyclic) bond motifs is 2. The van der Waals surface area contributed by atoms with Crippen LogP contribution in [-0.4, -0.2) is 45.9 Å². The number of rotatable bonds is 6. The molecular formula is C31H33N3O3. The first-order chi connectivity index (χ1) is 18.0. The van der Waals surface area contributed by atoms with Crippen LogP contribution in [0.25, 0.3) is 22.0 Å². The van der Waals surface area contributed by atoms with Gasteiger partial charge in [0.05, 0.1) is 11.7 Å². The summed E-state index contributed by atoms with van der Waals surface area (Å²) in [4.78, 5) is 2.51. The molecule has 0 aliphatic carbocycles. The molecule has 2 aliphatic rings. The maximum Gasteiger partial charge on any atom is 0.150 e. The average Bonchev–Trinajstić information content (AvgIpc) is 3.57. The second-order valence-electron chi connectivity index (χ2n) is 10.5. The van der Waals surface area contributed by atoms with Gasteiger partial charge in [-0.1, -0.05) is 31.2 Å². The summed E-state index contributed by atoms with van der Waals surface area (Å²) in [5, 5.41) is 18.6. The number of hydrogen-bond acceptors (Lipinski definition) is 5. The number of ether oxygens (including phenoxy) is 2. The summed E-state index contributed by atoms with van der Waals surface area (Å²) >= 11 is 0. The Bertz CT molecular complexity index is 1460.